The van der Waals surface area contributed by atoms with Crippen molar-refractivity contribution in [2.75, 3.05) is 18.5 Å². The van der Waals surface area contributed by atoms with Crippen molar-refractivity contribution in [3.8, 4) is 5.75 Å². The summed E-state index contributed by atoms with van der Waals surface area (Å²) in [4.78, 5) is 12.5. The van der Waals surface area contributed by atoms with E-state index in [1.54, 1.807) is 18.2 Å². The Kier molecular flexibility index (Phi) is 5.48. The van der Waals surface area contributed by atoms with Crippen LogP contribution in [0.25, 0.3) is 0 Å². The number of para-hydroxylation sites is 1. The van der Waals surface area contributed by atoms with Gasteiger partial charge in [0, 0.05) is 11.1 Å². The molecule has 6 heteroatoms. The van der Waals surface area contributed by atoms with Gasteiger partial charge in [-0.15, -0.1) is 0 Å². The monoisotopic (exact) mass is 393 g/mol. The molecule has 1 unspecified atom stereocenters. The second-order valence-electron chi connectivity index (χ2n) is 5.52. The molecule has 1 aliphatic heterocycles. The fourth-order valence-electron chi connectivity index (χ4n) is 2.52. The van der Waals surface area contributed by atoms with Gasteiger partial charge in [-0.25, -0.2) is 4.39 Å². The molecule has 0 radical (unpaired) electrons. The van der Waals surface area contributed by atoms with E-state index in [1.165, 1.54) is 18.2 Å². The predicted molar refractivity (Wildman–Crippen MR) is 93.0 cm³/mol. The summed E-state index contributed by atoms with van der Waals surface area (Å²) in [6.07, 6.45) is 2.08. The maximum atomic E-state index is 13.1. The number of carbonyl (C=O) groups excluding carboxylic acids is 1. The molecule has 2 aromatic carbocycles. The van der Waals surface area contributed by atoms with Gasteiger partial charge < -0.3 is 14.8 Å². The largest absolute Gasteiger partial charge is 0.490 e. The first-order valence-corrected chi connectivity index (χ1v) is 8.52. The zero-order valence-electron chi connectivity index (χ0n) is 12.9. The van der Waals surface area contributed by atoms with Crippen LogP contribution in [0.2, 0.25) is 0 Å². The molecule has 1 fully saturated rings. The van der Waals surface area contributed by atoms with Crippen molar-refractivity contribution in [1.29, 1.82) is 0 Å². The van der Waals surface area contributed by atoms with Gasteiger partial charge in [0.05, 0.1) is 17.4 Å². The van der Waals surface area contributed by atoms with Gasteiger partial charge in [0.2, 0.25) is 0 Å². The molecule has 1 heterocycles. The van der Waals surface area contributed by atoms with E-state index in [-0.39, 0.29) is 17.8 Å². The first-order chi connectivity index (χ1) is 11.6. The molecule has 1 N–H and O–H groups in total. The maximum Gasteiger partial charge on any atom is 0.259 e. The molecular weight excluding hydrogens is 377 g/mol. The minimum atomic E-state index is -0.375. The van der Waals surface area contributed by atoms with E-state index < -0.39 is 0 Å². The quantitative estimate of drug-likeness (QED) is 0.818. The molecule has 1 aliphatic rings. The molecular formula is C18H17BrFNO3. The molecule has 0 bridgehead atoms. The van der Waals surface area contributed by atoms with Crippen molar-refractivity contribution in [1.82, 2.24) is 0 Å². The average molecular weight is 394 g/mol. The Labute approximate surface area is 148 Å². The van der Waals surface area contributed by atoms with Crippen LogP contribution in [-0.4, -0.2) is 25.2 Å². The minimum Gasteiger partial charge on any atom is -0.490 e. The summed E-state index contributed by atoms with van der Waals surface area (Å²) >= 11 is 3.24. The predicted octanol–water partition coefficient (Wildman–Crippen LogP) is 4.40. The highest BCUT2D eigenvalue weighted by atomic mass is 79.9. The van der Waals surface area contributed by atoms with E-state index in [2.05, 4.69) is 21.2 Å². The Bertz CT molecular complexity index is 732. The Hall–Kier alpha value is -1.92. The van der Waals surface area contributed by atoms with Crippen LogP contribution in [0.5, 0.6) is 5.75 Å². The van der Waals surface area contributed by atoms with Gasteiger partial charge in [-0.05, 0) is 59.1 Å². The number of amides is 1. The van der Waals surface area contributed by atoms with Gasteiger partial charge in [0.15, 0.2) is 0 Å². The normalized spacial score (nSPS) is 16.8. The molecule has 0 spiro atoms. The third-order valence-electron chi connectivity index (χ3n) is 3.76. The number of ether oxygens (including phenoxy) is 2. The van der Waals surface area contributed by atoms with Gasteiger partial charge in [-0.2, -0.15) is 0 Å². The number of halogens is 2. The number of carbonyl (C=O) groups is 1. The summed E-state index contributed by atoms with van der Waals surface area (Å²) in [6, 6.07) is 11.1. The third kappa shape index (κ3) is 4.13. The molecule has 1 amide bonds. The smallest absolute Gasteiger partial charge is 0.259 e. The first-order valence-electron chi connectivity index (χ1n) is 7.73. The Morgan fingerprint density at radius 2 is 2.17 bits per heavy atom. The van der Waals surface area contributed by atoms with Crippen LogP contribution in [0.3, 0.4) is 0 Å². The molecule has 1 saturated heterocycles. The van der Waals surface area contributed by atoms with Crippen molar-refractivity contribution >= 4 is 27.5 Å². The van der Waals surface area contributed by atoms with E-state index in [0.717, 1.165) is 19.4 Å². The fourth-order valence-corrected chi connectivity index (χ4v) is 2.97. The number of rotatable bonds is 5. The summed E-state index contributed by atoms with van der Waals surface area (Å²) in [7, 11) is 0. The molecule has 1 atom stereocenters. The zero-order valence-corrected chi connectivity index (χ0v) is 14.5. The maximum absolute atomic E-state index is 13.1. The minimum absolute atomic E-state index is 0.0763. The zero-order chi connectivity index (χ0) is 16.9. The summed E-state index contributed by atoms with van der Waals surface area (Å²) < 4.78 is 24.9. The molecule has 0 aliphatic carbocycles. The van der Waals surface area contributed by atoms with Crippen LogP contribution in [-0.2, 0) is 4.74 Å². The second-order valence-corrected chi connectivity index (χ2v) is 6.37. The van der Waals surface area contributed by atoms with Crippen LogP contribution in [0.1, 0.15) is 23.2 Å². The van der Waals surface area contributed by atoms with E-state index in [0.29, 0.717) is 28.1 Å². The average Bonchev–Trinajstić information content (AvgIpc) is 3.09. The van der Waals surface area contributed by atoms with Gasteiger partial charge >= 0.3 is 0 Å². The van der Waals surface area contributed by atoms with Crippen molar-refractivity contribution in [3.05, 3.63) is 58.3 Å². The standard InChI is InChI=1S/C18H17BrFNO3/c19-15-10-12(20)7-8-16(15)21-18(22)14-5-1-2-6-17(14)24-11-13-4-3-9-23-13/h1-2,5-8,10,13H,3-4,9,11H2,(H,21,22). The first kappa shape index (κ1) is 16.9. The lowest BCUT2D eigenvalue weighted by Gasteiger charge is -2.15. The van der Waals surface area contributed by atoms with Crippen molar-refractivity contribution in [2.45, 2.75) is 18.9 Å². The molecule has 0 saturated carbocycles. The number of hydrogen-bond donors (Lipinski definition) is 1. The summed E-state index contributed by atoms with van der Waals surface area (Å²) in [6.45, 7) is 1.18. The Morgan fingerprint density at radius 3 is 2.92 bits per heavy atom. The van der Waals surface area contributed by atoms with Gasteiger partial charge in [-0.1, -0.05) is 12.1 Å². The topological polar surface area (TPSA) is 47.6 Å². The van der Waals surface area contributed by atoms with Crippen molar-refractivity contribution in [3.63, 3.8) is 0 Å². The number of benzene rings is 2. The van der Waals surface area contributed by atoms with E-state index >= 15 is 0 Å². The van der Waals surface area contributed by atoms with Crippen LogP contribution in [0.4, 0.5) is 10.1 Å². The highest BCUT2D eigenvalue weighted by Gasteiger charge is 2.18. The van der Waals surface area contributed by atoms with Crippen LogP contribution in [0, 0.1) is 5.82 Å². The van der Waals surface area contributed by atoms with Crippen molar-refractivity contribution < 1.29 is 18.7 Å². The summed E-state index contributed by atoms with van der Waals surface area (Å²) in [5.41, 5.74) is 0.919. The van der Waals surface area contributed by atoms with Crippen LogP contribution in [0.15, 0.2) is 46.9 Å². The SMILES string of the molecule is O=C(Nc1ccc(F)cc1Br)c1ccccc1OCC1CCCO1. The van der Waals surface area contributed by atoms with Gasteiger partial charge in [-0.3, -0.25) is 4.79 Å². The van der Waals surface area contributed by atoms with E-state index in [1.807, 2.05) is 6.07 Å². The number of anilines is 1. The number of nitrogens with one attached hydrogen (secondary N) is 1. The second kappa shape index (κ2) is 7.77. The lowest BCUT2D eigenvalue weighted by molar-refractivity contribution is 0.0673. The van der Waals surface area contributed by atoms with Crippen molar-refractivity contribution in [2.24, 2.45) is 0 Å². The Morgan fingerprint density at radius 1 is 1.33 bits per heavy atom. The van der Waals surface area contributed by atoms with E-state index in [4.69, 9.17) is 9.47 Å². The summed E-state index contributed by atoms with van der Waals surface area (Å²) in [5, 5.41) is 2.76. The fraction of sp³-hybridized carbons (Fsp3) is 0.278. The highest BCUT2D eigenvalue weighted by molar-refractivity contribution is 9.10. The van der Waals surface area contributed by atoms with E-state index in [9.17, 15) is 9.18 Å². The lowest BCUT2D eigenvalue weighted by atomic mass is 10.1. The molecule has 0 aromatic heterocycles. The van der Waals surface area contributed by atoms with Crippen LogP contribution >= 0.6 is 15.9 Å². The highest BCUT2D eigenvalue weighted by Crippen LogP contribution is 2.26. The van der Waals surface area contributed by atoms with Crippen LogP contribution < -0.4 is 10.1 Å². The molecule has 4 nitrogen and oxygen atoms in total. The van der Waals surface area contributed by atoms with Gasteiger partial charge in [0.25, 0.3) is 5.91 Å². The molecule has 24 heavy (non-hydrogen) atoms. The molecule has 3 rings (SSSR count). The Balaban J connectivity index is 1.72. The number of hydrogen-bond acceptors (Lipinski definition) is 3. The summed E-state index contributed by atoms with van der Waals surface area (Å²) in [5.74, 6) is -0.186. The van der Waals surface area contributed by atoms with Gasteiger partial charge in [0.1, 0.15) is 18.2 Å². The molecule has 126 valence electrons. The molecule has 2 aromatic rings. The lowest BCUT2D eigenvalue weighted by Crippen LogP contribution is -2.19. The third-order valence-corrected chi connectivity index (χ3v) is 4.42.